The number of benzene rings is 1. The molecule has 0 fully saturated rings. The van der Waals surface area contributed by atoms with Crippen molar-refractivity contribution >= 4 is 22.6 Å². The van der Waals surface area contributed by atoms with E-state index in [-0.39, 0.29) is 5.75 Å². The van der Waals surface area contributed by atoms with Crippen LogP contribution < -0.4 is 0 Å². The van der Waals surface area contributed by atoms with Gasteiger partial charge in [0.2, 0.25) is 0 Å². The highest BCUT2D eigenvalue weighted by Gasteiger charge is 1.99. The molecule has 0 aliphatic carbocycles. The lowest BCUT2D eigenvalue weighted by Crippen LogP contribution is -1.87. The Morgan fingerprint density at radius 2 is 2.25 bits per heavy atom. The van der Waals surface area contributed by atoms with Gasteiger partial charge in [0.15, 0.2) is 0 Å². The van der Waals surface area contributed by atoms with E-state index >= 15 is 0 Å². The highest BCUT2D eigenvalue weighted by molar-refractivity contribution is 14.1. The highest BCUT2D eigenvalue weighted by Crippen LogP contribution is 2.19. The quantitative estimate of drug-likeness (QED) is 0.841. The number of nitriles is 1. The van der Waals surface area contributed by atoms with Gasteiger partial charge >= 0.3 is 0 Å². The van der Waals surface area contributed by atoms with Gasteiger partial charge in [0.05, 0.1) is 6.07 Å². The summed E-state index contributed by atoms with van der Waals surface area (Å²) in [7, 11) is 0. The first-order valence-electron chi connectivity index (χ1n) is 3.58. The Balaban J connectivity index is 2.84. The Hall–Kier alpha value is -0.760. The van der Waals surface area contributed by atoms with Gasteiger partial charge in [-0.25, -0.2) is 0 Å². The Kier molecular flexibility index (Phi) is 3.35. The molecule has 0 atom stereocenters. The van der Waals surface area contributed by atoms with Crippen molar-refractivity contribution in [3.63, 3.8) is 0 Å². The van der Waals surface area contributed by atoms with Gasteiger partial charge in [0.25, 0.3) is 0 Å². The van der Waals surface area contributed by atoms with E-state index in [1.54, 1.807) is 12.1 Å². The summed E-state index contributed by atoms with van der Waals surface area (Å²) >= 11 is 2.20. The molecule has 1 rings (SSSR count). The molecule has 62 valence electrons. The van der Waals surface area contributed by atoms with Gasteiger partial charge in [-0.1, -0.05) is 0 Å². The van der Waals surface area contributed by atoms with Crippen LogP contribution in [0.3, 0.4) is 0 Å². The molecule has 0 aliphatic heterocycles. The summed E-state index contributed by atoms with van der Waals surface area (Å²) < 4.78 is 1.10. The molecule has 0 spiro atoms. The molecule has 0 aromatic heterocycles. The van der Waals surface area contributed by atoms with Crippen LogP contribution in [0.5, 0.6) is 5.75 Å². The molecule has 3 heteroatoms. The maximum absolute atomic E-state index is 9.15. The third-order valence-electron chi connectivity index (χ3n) is 1.54. The zero-order chi connectivity index (χ0) is 8.97. The number of hydrogen-bond acceptors (Lipinski definition) is 2. The fourth-order valence-corrected chi connectivity index (χ4v) is 1.55. The fourth-order valence-electron chi connectivity index (χ4n) is 0.943. The van der Waals surface area contributed by atoms with Gasteiger partial charge in [-0.05, 0) is 52.8 Å². The smallest absolute Gasteiger partial charge is 0.115 e. The van der Waals surface area contributed by atoms with Gasteiger partial charge in [-0.3, -0.25) is 0 Å². The minimum atomic E-state index is 0.267. The molecule has 0 radical (unpaired) electrons. The third kappa shape index (κ3) is 2.38. The Morgan fingerprint density at radius 1 is 1.50 bits per heavy atom. The van der Waals surface area contributed by atoms with Crippen molar-refractivity contribution < 1.29 is 5.11 Å². The average Bonchev–Trinajstić information content (AvgIpc) is 2.07. The molecule has 0 aliphatic rings. The van der Waals surface area contributed by atoms with Crippen LogP contribution >= 0.6 is 22.6 Å². The Labute approximate surface area is 85.0 Å². The lowest BCUT2D eigenvalue weighted by atomic mass is 10.1. The number of aromatic hydroxyl groups is 1. The van der Waals surface area contributed by atoms with E-state index in [0.29, 0.717) is 12.8 Å². The lowest BCUT2D eigenvalue weighted by Gasteiger charge is -2.01. The molecular weight excluding hydrogens is 265 g/mol. The van der Waals surface area contributed by atoms with Crippen LogP contribution in [-0.4, -0.2) is 5.11 Å². The number of hydrogen-bond donors (Lipinski definition) is 1. The molecule has 0 bridgehead atoms. The molecule has 0 unspecified atom stereocenters. The molecule has 0 heterocycles. The van der Waals surface area contributed by atoms with Crippen molar-refractivity contribution in [3.05, 3.63) is 27.3 Å². The summed E-state index contributed by atoms with van der Waals surface area (Å²) in [6.07, 6.45) is 1.21. The van der Waals surface area contributed by atoms with Crippen LogP contribution in [0.2, 0.25) is 0 Å². The van der Waals surface area contributed by atoms with E-state index in [2.05, 4.69) is 28.7 Å². The summed E-state index contributed by atoms with van der Waals surface area (Å²) in [5, 5.41) is 17.5. The first kappa shape index (κ1) is 9.33. The summed E-state index contributed by atoms with van der Waals surface area (Å²) in [4.78, 5) is 0. The Morgan fingerprint density at radius 3 is 2.92 bits per heavy atom. The predicted molar refractivity (Wildman–Crippen MR) is 54.8 cm³/mol. The summed E-state index contributed by atoms with van der Waals surface area (Å²) in [6.45, 7) is 0. The summed E-state index contributed by atoms with van der Waals surface area (Å²) in [5.74, 6) is 0.267. The second-order valence-electron chi connectivity index (χ2n) is 2.43. The van der Waals surface area contributed by atoms with E-state index in [9.17, 15) is 0 Å². The van der Waals surface area contributed by atoms with Gasteiger partial charge in [0, 0.05) is 9.99 Å². The number of halogens is 1. The van der Waals surface area contributed by atoms with Crippen LogP contribution in [-0.2, 0) is 6.42 Å². The second kappa shape index (κ2) is 4.31. The molecule has 12 heavy (non-hydrogen) atoms. The zero-order valence-electron chi connectivity index (χ0n) is 6.42. The number of phenolic OH excluding ortho intramolecular Hbond substituents is 1. The number of aryl methyl sites for hydroxylation is 1. The van der Waals surface area contributed by atoms with Crippen LogP contribution in [0, 0.1) is 14.9 Å². The standard InChI is InChI=1S/C9H8INO/c10-9-4-3-8(12)6-7(9)2-1-5-11/h3-4,6,12H,1-2H2. The van der Waals surface area contributed by atoms with Crippen molar-refractivity contribution in [1.82, 2.24) is 0 Å². The highest BCUT2D eigenvalue weighted by atomic mass is 127. The van der Waals surface area contributed by atoms with E-state index < -0.39 is 0 Å². The SMILES string of the molecule is N#CCCc1cc(O)ccc1I. The second-order valence-corrected chi connectivity index (χ2v) is 3.60. The molecule has 1 aromatic rings. The Bertz CT molecular complexity index is 317. The number of rotatable bonds is 2. The van der Waals surface area contributed by atoms with Gasteiger partial charge in [-0.15, -0.1) is 0 Å². The maximum atomic E-state index is 9.15. The van der Waals surface area contributed by atoms with Crippen molar-refractivity contribution in [2.24, 2.45) is 0 Å². The van der Waals surface area contributed by atoms with Crippen LogP contribution in [0.25, 0.3) is 0 Å². The van der Waals surface area contributed by atoms with E-state index in [4.69, 9.17) is 10.4 Å². The van der Waals surface area contributed by atoms with Crippen LogP contribution in [0.1, 0.15) is 12.0 Å². The monoisotopic (exact) mass is 273 g/mol. The first-order chi connectivity index (χ1) is 5.74. The number of nitrogens with zero attached hydrogens (tertiary/aromatic N) is 1. The average molecular weight is 273 g/mol. The van der Waals surface area contributed by atoms with Crippen molar-refractivity contribution in [1.29, 1.82) is 5.26 Å². The minimum absolute atomic E-state index is 0.267. The maximum Gasteiger partial charge on any atom is 0.115 e. The van der Waals surface area contributed by atoms with Gasteiger partial charge in [-0.2, -0.15) is 5.26 Å². The molecule has 0 saturated carbocycles. The molecular formula is C9H8INO. The predicted octanol–water partition coefficient (Wildman–Crippen LogP) is 2.45. The fraction of sp³-hybridized carbons (Fsp3) is 0.222. The lowest BCUT2D eigenvalue weighted by molar-refractivity contribution is 0.474. The zero-order valence-corrected chi connectivity index (χ0v) is 8.58. The van der Waals surface area contributed by atoms with Crippen LogP contribution in [0.4, 0.5) is 0 Å². The van der Waals surface area contributed by atoms with Crippen molar-refractivity contribution in [2.75, 3.05) is 0 Å². The van der Waals surface area contributed by atoms with Gasteiger partial charge < -0.3 is 5.11 Å². The first-order valence-corrected chi connectivity index (χ1v) is 4.66. The molecule has 1 aromatic carbocycles. The molecule has 1 N–H and O–H groups in total. The molecule has 2 nitrogen and oxygen atoms in total. The topological polar surface area (TPSA) is 44.0 Å². The van der Waals surface area contributed by atoms with E-state index in [1.807, 2.05) is 6.07 Å². The number of phenols is 1. The summed E-state index contributed by atoms with van der Waals surface area (Å²) in [6, 6.07) is 7.29. The summed E-state index contributed by atoms with van der Waals surface area (Å²) in [5.41, 5.74) is 1.04. The van der Waals surface area contributed by atoms with E-state index in [0.717, 1.165) is 9.13 Å². The van der Waals surface area contributed by atoms with Gasteiger partial charge in [0.1, 0.15) is 5.75 Å². The van der Waals surface area contributed by atoms with Crippen molar-refractivity contribution in [2.45, 2.75) is 12.8 Å². The van der Waals surface area contributed by atoms with Crippen LogP contribution in [0.15, 0.2) is 18.2 Å². The third-order valence-corrected chi connectivity index (χ3v) is 2.59. The largest absolute Gasteiger partial charge is 0.508 e. The normalized spacial score (nSPS) is 9.33. The molecule has 0 amide bonds. The minimum Gasteiger partial charge on any atom is -0.508 e. The van der Waals surface area contributed by atoms with Crippen molar-refractivity contribution in [3.8, 4) is 11.8 Å². The van der Waals surface area contributed by atoms with E-state index in [1.165, 1.54) is 0 Å². The molecule has 0 saturated heterocycles.